The molecule has 1 N–H and O–H groups in total. The van der Waals surface area contributed by atoms with Crippen molar-refractivity contribution < 1.29 is 29.2 Å². The van der Waals surface area contributed by atoms with Gasteiger partial charge in [-0.25, -0.2) is 4.79 Å². The van der Waals surface area contributed by atoms with Gasteiger partial charge in [0.15, 0.2) is 11.8 Å². The Labute approximate surface area is 148 Å². The van der Waals surface area contributed by atoms with E-state index in [0.717, 1.165) is 0 Å². The third-order valence-corrected chi connectivity index (χ3v) is 5.36. The molecular formula is C17H18N2O7. The van der Waals surface area contributed by atoms with Gasteiger partial charge in [-0.2, -0.15) is 0 Å². The van der Waals surface area contributed by atoms with Crippen molar-refractivity contribution in [3.8, 4) is 0 Å². The number of esters is 1. The number of rotatable bonds is 5. The number of β-lactam (4-membered cyclic amide) rings is 1. The van der Waals surface area contributed by atoms with Crippen molar-refractivity contribution in [2.45, 2.75) is 45.1 Å². The van der Waals surface area contributed by atoms with Crippen LogP contribution in [0.4, 0.5) is 5.69 Å². The number of nitrogens with zero attached hydrogens (tertiary/aromatic N) is 2. The van der Waals surface area contributed by atoms with Crippen LogP contribution in [0.15, 0.2) is 24.3 Å². The van der Waals surface area contributed by atoms with Gasteiger partial charge >= 0.3 is 5.97 Å². The van der Waals surface area contributed by atoms with E-state index >= 15 is 0 Å². The van der Waals surface area contributed by atoms with Crippen molar-refractivity contribution in [1.82, 2.24) is 4.90 Å². The highest BCUT2D eigenvalue weighted by Crippen LogP contribution is 2.47. The van der Waals surface area contributed by atoms with Gasteiger partial charge in [0.25, 0.3) is 5.69 Å². The quantitative estimate of drug-likeness (QED) is 0.267. The van der Waals surface area contributed by atoms with Gasteiger partial charge in [-0.1, -0.05) is 0 Å². The van der Waals surface area contributed by atoms with E-state index < -0.39 is 40.3 Å². The second-order valence-electron chi connectivity index (χ2n) is 6.78. The van der Waals surface area contributed by atoms with Gasteiger partial charge in [0, 0.05) is 18.6 Å². The lowest BCUT2D eigenvalue weighted by Gasteiger charge is -2.42. The number of nitro benzene ring substituents is 1. The summed E-state index contributed by atoms with van der Waals surface area (Å²) >= 11 is 0. The van der Waals surface area contributed by atoms with E-state index in [2.05, 4.69) is 0 Å². The normalized spacial score (nSPS) is 28.3. The number of hydrogen-bond donors (Lipinski definition) is 1. The molecule has 2 saturated heterocycles. The molecule has 2 aliphatic heterocycles. The fourth-order valence-corrected chi connectivity index (χ4v) is 3.49. The largest absolute Gasteiger partial charge is 0.459 e. The van der Waals surface area contributed by atoms with Crippen molar-refractivity contribution in [1.29, 1.82) is 0 Å². The number of aliphatic hydroxyl groups is 1. The first-order valence-electron chi connectivity index (χ1n) is 8.11. The van der Waals surface area contributed by atoms with Crippen LogP contribution in [0.25, 0.3) is 0 Å². The number of carbonyl (C=O) groups excluding carboxylic acids is 3. The van der Waals surface area contributed by atoms with Gasteiger partial charge in [0.05, 0.1) is 22.5 Å². The minimum Gasteiger partial charge on any atom is -0.459 e. The molecule has 26 heavy (non-hydrogen) atoms. The molecule has 0 radical (unpaired) electrons. The number of amides is 1. The molecule has 0 aliphatic carbocycles. The molecule has 0 aromatic heterocycles. The van der Waals surface area contributed by atoms with E-state index in [9.17, 15) is 29.6 Å². The number of benzene rings is 1. The Morgan fingerprint density at radius 3 is 2.54 bits per heavy atom. The molecule has 0 spiro atoms. The number of Topliss-reactive ketones (excluding diaryl/α,β-unsaturated/α-hetero) is 1. The third-order valence-electron chi connectivity index (χ3n) is 5.36. The molecule has 0 saturated carbocycles. The topological polar surface area (TPSA) is 127 Å². The highest BCUT2D eigenvalue weighted by atomic mass is 16.6. The first-order valence-corrected chi connectivity index (χ1v) is 8.11. The summed E-state index contributed by atoms with van der Waals surface area (Å²) in [6.07, 6.45) is -0.901. The Morgan fingerprint density at radius 2 is 2.04 bits per heavy atom. The molecule has 1 aromatic rings. The molecule has 1 aromatic carbocycles. The molecule has 2 aliphatic rings. The summed E-state index contributed by atoms with van der Waals surface area (Å²) in [7, 11) is 0. The van der Waals surface area contributed by atoms with E-state index in [1.165, 1.54) is 36.1 Å². The van der Waals surface area contributed by atoms with Crippen LogP contribution in [-0.2, 0) is 25.7 Å². The highest BCUT2D eigenvalue weighted by molar-refractivity contribution is 6.13. The van der Waals surface area contributed by atoms with Crippen molar-refractivity contribution >= 4 is 23.3 Å². The summed E-state index contributed by atoms with van der Waals surface area (Å²) in [4.78, 5) is 48.3. The summed E-state index contributed by atoms with van der Waals surface area (Å²) in [5.41, 5.74) is -0.780. The molecule has 9 nitrogen and oxygen atoms in total. The van der Waals surface area contributed by atoms with E-state index in [0.29, 0.717) is 5.56 Å². The maximum Gasteiger partial charge on any atom is 0.337 e. The summed E-state index contributed by atoms with van der Waals surface area (Å²) in [6.45, 7) is 2.83. The molecule has 9 heteroatoms. The molecule has 4 atom stereocenters. The standard InChI is InChI=1S/C17H18N2O7/c1-9(20)17(2)12-7-13(21)18(12)14(15(17)22)16(23)26-8-10-3-5-11(6-4-10)19(24)25/h3-6,9,12,14,20H,7-8H2,1-2H3/t9?,12-,14?,17-/m0/s1. The third kappa shape index (κ3) is 2.55. The Balaban J connectivity index is 1.72. The average Bonchev–Trinajstić information content (AvgIpc) is 2.78. The van der Waals surface area contributed by atoms with Gasteiger partial charge in [-0.15, -0.1) is 0 Å². The van der Waals surface area contributed by atoms with Crippen LogP contribution >= 0.6 is 0 Å². The zero-order chi connectivity index (χ0) is 19.2. The first kappa shape index (κ1) is 18.0. The van der Waals surface area contributed by atoms with E-state index in [1.807, 2.05) is 0 Å². The van der Waals surface area contributed by atoms with Gasteiger partial charge in [-0.3, -0.25) is 19.7 Å². The lowest BCUT2D eigenvalue weighted by Crippen LogP contribution is -2.58. The fraction of sp³-hybridized carbons (Fsp3) is 0.471. The summed E-state index contributed by atoms with van der Waals surface area (Å²) < 4.78 is 5.15. The predicted molar refractivity (Wildman–Crippen MR) is 86.7 cm³/mol. The number of hydrogen-bond acceptors (Lipinski definition) is 7. The van der Waals surface area contributed by atoms with Crippen LogP contribution in [0.1, 0.15) is 25.8 Å². The van der Waals surface area contributed by atoms with Crippen molar-refractivity contribution in [3.05, 3.63) is 39.9 Å². The van der Waals surface area contributed by atoms with Gasteiger partial charge < -0.3 is 14.7 Å². The SMILES string of the molecule is CC(O)[C@]1(C)C(=O)C(C(=O)OCc2ccc([N+](=O)[O-])cc2)N2C(=O)C[C@H]21. The first-order chi connectivity index (χ1) is 12.2. The molecule has 0 bridgehead atoms. The molecular weight excluding hydrogens is 344 g/mol. The summed E-state index contributed by atoms with van der Waals surface area (Å²) in [5, 5.41) is 20.6. The van der Waals surface area contributed by atoms with Crippen LogP contribution in [-0.4, -0.2) is 50.8 Å². The predicted octanol–water partition coefficient (Wildman–Crippen LogP) is 0.577. The number of aliphatic hydroxyl groups excluding tert-OH is 1. The number of ether oxygens (including phenoxy) is 1. The number of fused-ring (bicyclic) bond motifs is 1. The van der Waals surface area contributed by atoms with Crippen LogP contribution in [0.5, 0.6) is 0 Å². The average molecular weight is 362 g/mol. The maximum absolute atomic E-state index is 12.7. The van der Waals surface area contributed by atoms with Gasteiger partial charge in [0.1, 0.15) is 6.61 Å². The van der Waals surface area contributed by atoms with Crippen LogP contribution in [0, 0.1) is 15.5 Å². The number of nitro groups is 1. The van der Waals surface area contributed by atoms with Gasteiger partial charge in [0.2, 0.25) is 5.91 Å². The highest BCUT2D eigenvalue weighted by Gasteiger charge is 2.67. The minimum absolute atomic E-state index is 0.0900. The lowest BCUT2D eigenvalue weighted by molar-refractivity contribution is -0.384. The summed E-state index contributed by atoms with van der Waals surface area (Å²) in [6, 6.07) is 3.57. The van der Waals surface area contributed by atoms with Gasteiger partial charge in [-0.05, 0) is 31.5 Å². The zero-order valence-corrected chi connectivity index (χ0v) is 14.2. The Kier molecular flexibility index (Phi) is 4.27. The fourth-order valence-electron chi connectivity index (χ4n) is 3.49. The number of non-ortho nitro benzene ring substituents is 1. The van der Waals surface area contributed by atoms with Crippen molar-refractivity contribution in [2.24, 2.45) is 5.41 Å². The van der Waals surface area contributed by atoms with Crippen LogP contribution in [0.3, 0.4) is 0 Å². The Morgan fingerprint density at radius 1 is 1.42 bits per heavy atom. The van der Waals surface area contributed by atoms with Crippen LogP contribution in [0.2, 0.25) is 0 Å². The molecule has 138 valence electrons. The van der Waals surface area contributed by atoms with Crippen molar-refractivity contribution in [3.63, 3.8) is 0 Å². The van der Waals surface area contributed by atoms with Crippen molar-refractivity contribution in [2.75, 3.05) is 0 Å². The maximum atomic E-state index is 12.7. The zero-order valence-electron chi connectivity index (χ0n) is 14.2. The lowest BCUT2D eigenvalue weighted by atomic mass is 9.73. The Bertz CT molecular complexity index is 789. The second kappa shape index (κ2) is 6.17. The number of carbonyl (C=O) groups is 3. The van der Waals surface area contributed by atoms with E-state index in [-0.39, 0.29) is 24.6 Å². The smallest absolute Gasteiger partial charge is 0.337 e. The molecule has 2 fully saturated rings. The molecule has 2 heterocycles. The molecule has 3 rings (SSSR count). The molecule has 1 amide bonds. The van der Waals surface area contributed by atoms with E-state index in [4.69, 9.17) is 4.74 Å². The molecule has 2 unspecified atom stereocenters. The monoisotopic (exact) mass is 362 g/mol. The Hall–Kier alpha value is -2.81. The van der Waals surface area contributed by atoms with E-state index in [1.54, 1.807) is 6.92 Å². The second-order valence-corrected chi connectivity index (χ2v) is 6.78. The summed E-state index contributed by atoms with van der Waals surface area (Å²) in [5.74, 6) is -1.72. The minimum atomic E-state index is -1.36. The van der Waals surface area contributed by atoms with Crippen LogP contribution < -0.4 is 0 Å². The number of ketones is 1.